The van der Waals surface area contributed by atoms with Gasteiger partial charge >= 0.3 is 5.97 Å². The number of aliphatic carboxylic acids is 1. The van der Waals surface area contributed by atoms with Crippen molar-refractivity contribution in [3.63, 3.8) is 0 Å². The first-order chi connectivity index (χ1) is 13.9. The fraction of sp³-hybridized carbons (Fsp3) is 0.300. The van der Waals surface area contributed by atoms with Crippen molar-refractivity contribution in [2.75, 3.05) is 0 Å². The molecule has 0 radical (unpaired) electrons. The summed E-state index contributed by atoms with van der Waals surface area (Å²) in [6.45, 7) is 0. The number of carbonyl (C=O) groups is 2. The third-order valence-corrected chi connectivity index (χ3v) is 7.03. The fourth-order valence-corrected chi connectivity index (χ4v) is 4.65. The standard InChI is InChI=1S/C20H17ClIN3O4/c21-25-7-6-23-11-15(25)17(24-20(25)22)14-8-12(9-14)10-16(26)29-18(19(27)28)13-4-2-1-3-5-13/h1-7,11-12,14,18H,8-10H2. The minimum atomic E-state index is -1.43. The summed E-state index contributed by atoms with van der Waals surface area (Å²) in [5.74, 6) is -1.67. The molecule has 0 aromatic heterocycles. The van der Waals surface area contributed by atoms with Crippen molar-refractivity contribution in [3.05, 3.63) is 59.7 Å². The molecule has 0 saturated heterocycles. The first-order valence-electron chi connectivity index (χ1n) is 9.12. The van der Waals surface area contributed by atoms with E-state index in [0.717, 1.165) is 28.1 Å². The molecule has 0 bridgehead atoms. The number of hydrogen-bond acceptors (Lipinski definition) is 6. The van der Waals surface area contributed by atoms with Crippen LogP contribution in [-0.4, -0.2) is 26.0 Å². The average Bonchev–Trinajstić information content (AvgIpc) is 2.93. The van der Waals surface area contributed by atoms with Crippen molar-refractivity contribution in [3.8, 4) is 0 Å². The van der Waals surface area contributed by atoms with Crippen LogP contribution in [0.1, 0.15) is 30.9 Å². The smallest absolute Gasteiger partial charge is 0.307 e. The minimum Gasteiger partial charge on any atom is -0.546 e. The van der Waals surface area contributed by atoms with Crippen LogP contribution in [0.2, 0.25) is 0 Å². The van der Waals surface area contributed by atoms with E-state index in [0.29, 0.717) is 5.56 Å². The number of carboxylic acids is 1. The van der Waals surface area contributed by atoms with Crippen LogP contribution in [0.3, 0.4) is 0 Å². The molecular weight excluding hydrogens is 509 g/mol. The Bertz CT molecular complexity index is 969. The van der Waals surface area contributed by atoms with Crippen LogP contribution < -0.4 is 5.11 Å². The highest BCUT2D eigenvalue weighted by atomic mass is 127. The molecule has 1 aliphatic carbocycles. The largest absolute Gasteiger partial charge is 0.546 e. The highest BCUT2D eigenvalue weighted by molar-refractivity contribution is 14.1. The zero-order valence-electron chi connectivity index (χ0n) is 15.2. The number of esters is 1. The number of hydrogen-bond donors (Lipinski definition) is 0. The molecule has 2 aliphatic heterocycles. The molecule has 1 aromatic carbocycles. The number of rotatable bonds is 6. The Morgan fingerprint density at radius 1 is 1.31 bits per heavy atom. The number of halogens is 2. The topological polar surface area (TPSA) is 91.2 Å². The third kappa shape index (κ3) is 3.88. The SMILES string of the molecule is O=C(CC1CC(C2=C3C=NC=C[N+]3(Cl)C(I)=N2)C1)OC(C(=O)[O-])c1ccccc1. The first-order valence-corrected chi connectivity index (χ1v) is 10.5. The Morgan fingerprint density at radius 3 is 2.72 bits per heavy atom. The van der Waals surface area contributed by atoms with Gasteiger partial charge in [-0.25, -0.2) is 0 Å². The van der Waals surface area contributed by atoms with Gasteiger partial charge in [-0.15, -0.1) is 4.00 Å². The number of allylic oxidation sites excluding steroid dienone is 2. The maximum atomic E-state index is 12.3. The Labute approximate surface area is 186 Å². The summed E-state index contributed by atoms with van der Waals surface area (Å²) in [6, 6.07) is 8.32. The molecule has 150 valence electrons. The summed E-state index contributed by atoms with van der Waals surface area (Å²) in [5, 5.41) is 11.4. The highest BCUT2D eigenvalue weighted by Crippen LogP contribution is 2.48. The maximum absolute atomic E-state index is 12.3. The molecule has 7 nitrogen and oxygen atoms in total. The predicted molar refractivity (Wildman–Crippen MR) is 113 cm³/mol. The minimum absolute atomic E-state index is 0.00691. The van der Waals surface area contributed by atoms with Gasteiger partial charge in [-0.1, -0.05) is 30.3 Å². The molecular formula is C20H17ClIN3O4. The van der Waals surface area contributed by atoms with Crippen LogP contribution in [0.15, 0.2) is 64.1 Å². The second kappa shape index (κ2) is 8.00. The van der Waals surface area contributed by atoms with Gasteiger partial charge in [0.15, 0.2) is 17.9 Å². The van der Waals surface area contributed by atoms with Crippen LogP contribution in [0.25, 0.3) is 0 Å². The van der Waals surface area contributed by atoms with Crippen LogP contribution in [0.4, 0.5) is 0 Å². The molecule has 1 saturated carbocycles. The van der Waals surface area contributed by atoms with Gasteiger partial charge in [0, 0.05) is 12.3 Å². The van der Waals surface area contributed by atoms with Crippen molar-refractivity contribution < 1.29 is 23.4 Å². The molecule has 9 heteroatoms. The second-order valence-electron chi connectivity index (χ2n) is 7.20. The third-order valence-electron chi connectivity index (χ3n) is 5.29. The number of benzene rings is 1. The predicted octanol–water partition coefficient (Wildman–Crippen LogP) is 2.98. The number of ether oxygens (including phenoxy) is 1. The summed E-state index contributed by atoms with van der Waals surface area (Å²) < 4.78 is 5.93. The van der Waals surface area contributed by atoms with Crippen LogP contribution in [0.5, 0.6) is 0 Å². The lowest BCUT2D eigenvalue weighted by atomic mass is 9.71. The Hall–Kier alpha value is -2.04. The lowest BCUT2D eigenvalue weighted by molar-refractivity contribution is -0.594. The number of nitrogens with zero attached hydrogens (tertiary/aromatic N) is 3. The van der Waals surface area contributed by atoms with E-state index in [1.807, 2.05) is 0 Å². The first kappa shape index (κ1) is 20.2. The Balaban J connectivity index is 1.36. The van der Waals surface area contributed by atoms with Crippen LogP contribution in [-0.2, 0) is 14.3 Å². The number of amidine groups is 1. The number of quaternary nitrogens is 1. The van der Waals surface area contributed by atoms with Gasteiger partial charge in [-0.05, 0) is 24.3 Å². The van der Waals surface area contributed by atoms with Gasteiger partial charge in [0.05, 0.1) is 41.0 Å². The molecule has 0 amide bonds. The van der Waals surface area contributed by atoms with Crippen molar-refractivity contribution in [1.82, 2.24) is 0 Å². The molecule has 2 atom stereocenters. The Morgan fingerprint density at radius 2 is 2.03 bits per heavy atom. The van der Waals surface area contributed by atoms with Gasteiger partial charge in [0.2, 0.25) is 5.70 Å². The molecule has 29 heavy (non-hydrogen) atoms. The molecule has 2 unspecified atom stereocenters. The van der Waals surface area contributed by atoms with E-state index < -0.39 is 18.0 Å². The van der Waals surface area contributed by atoms with Crippen molar-refractivity contribution in [2.24, 2.45) is 21.8 Å². The lowest BCUT2D eigenvalue weighted by Gasteiger charge is -2.34. The zero-order valence-corrected chi connectivity index (χ0v) is 18.1. The lowest BCUT2D eigenvalue weighted by Crippen LogP contribution is -2.35. The number of carbonyl (C=O) groups excluding carboxylic acids is 2. The second-order valence-corrected chi connectivity index (χ2v) is 8.70. The van der Waals surface area contributed by atoms with Gasteiger partial charge in [-0.3, -0.25) is 9.79 Å². The summed E-state index contributed by atoms with van der Waals surface area (Å²) in [5.41, 5.74) is 2.12. The molecule has 1 fully saturated rings. The van der Waals surface area contributed by atoms with Gasteiger partial charge in [-0.2, -0.15) is 4.99 Å². The Kier molecular flexibility index (Phi) is 5.58. The molecule has 2 heterocycles. The number of carboxylic acid groups (broad SMARTS) is 1. The number of fused-ring (bicyclic) bond motifs is 1. The van der Waals surface area contributed by atoms with E-state index in [4.69, 9.17) is 16.5 Å². The highest BCUT2D eigenvalue weighted by Gasteiger charge is 2.48. The van der Waals surface area contributed by atoms with E-state index in [2.05, 4.69) is 32.6 Å². The normalized spacial score (nSPS) is 28.4. The molecule has 0 spiro atoms. The molecule has 4 rings (SSSR count). The van der Waals surface area contributed by atoms with Crippen molar-refractivity contribution in [2.45, 2.75) is 25.4 Å². The zero-order chi connectivity index (χ0) is 20.6. The summed E-state index contributed by atoms with van der Waals surface area (Å²) in [4.78, 5) is 32.5. The van der Waals surface area contributed by atoms with E-state index in [1.165, 1.54) is 0 Å². The van der Waals surface area contributed by atoms with E-state index in [-0.39, 0.29) is 22.3 Å². The summed E-state index contributed by atoms with van der Waals surface area (Å²) >= 11 is 8.76. The van der Waals surface area contributed by atoms with E-state index in [1.54, 1.807) is 48.9 Å². The quantitative estimate of drug-likeness (QED) is 0.247. The molecule has 3 aliphatic rings. The van der Waals surface area contributed by atoms with E-state index in [9.17, 15) is 14.7 Å². The number of aliphatic imine (C=N–C) groups is 2. The van der Waals surface area contributed by atoms with Gasteiger partial charge < -0.3 is 14.6 Å². The maximum Gasteiger partial charge on any atom is 0.307 e. The van der Waals surface area contributed by atoms with Gasteiger partial charge in [0.25, 0.3) is 3.84 Å². The summed E-state index contributed by atoms with van der Waals surface area (Å²) in [7, 11) is 0. The summed E-state index contributed by atoms with van der Waals surface area (Å²) in [6.07, 6.45) is 5.42. The average molecular weight is 526 g/mol. The van der Waals surface area contributed by atoms with Gasteiger partial charge in [0.1, 0.15) is 11.9 Å². The van der Waals surface area contributed by atoms with Crippen LogP contribution >= 0.6 is 34.4 Å². The molecule has 0 N–H and O–H groups in total. The van der Waals surface area contributed by atoms with E-state index >= 15 is 0 Å². The van der Waals surface area contributed by atoms with Crippen molar-refractivity contribution >= 4 is 56.4 Å². The molecule has 1 aromatic rings. The fourth-order valence-electron chi connectivity index (χ4n) is 3.75. The van der Waals surface area contributed by atoms with Crippen LogP contribution in [0, 0.1) is 11.8 Å². The van der Waals surface area contributed by atoms with Crippen molar-refractivity contribution in [1.29, 1.82) is 0 Å². The monoisotopic (exact) mass is 525 g/mol.